The predicted molar refractivity (Wildman–Crippen MR) is 78.6 cm³/mol. The molecule has 7 nitrogen and oxygen atoms in total. The van der Waals surface area contributed by atoms with Crippen LogP contribution in [0.5, 0.6) is 5.75 Å². The summed E-state index contributed by atoms with van der Waals surface area (Å²) >= 11 is 0. The molecule has 0 aliphatic carbocycles. The van der Waals surface area contributed by atoms with Crippen LogP contribution in [0.3, 0.4) is 0 Å². The number of nitrogen functional groups attached to an aromatic ring is 1. The van der Waals surface area contributed by atoms with E-state index in [1.807, 2.05) is 30.3 Å². The maximum atomic E-state index is 7.00. The lowest BCUT2D eigenvalue weighted by atomic mass is 10.3. The molecule has 0 atom stereocenters. The molecule has 110 valence electrons. The van der Waals surface area contributed by atoms with Gasteiger partial charge in [0.15, 0.2) is 0 Å². The molecule has 1 aromatic heterocycles. The molecule has 0 amide bonds. The van der Waals surface area contributed by atoms with E-state index in [1.54, 1.807) is 11.7 Å². The lowest BCUT2D eigenvalue weighted by Gasteiger charge is -2.07. The number of benzene rings is 1. The van der Waals surface area contributed by atoms with Gasteiger partial charge in [0, 0.05) is 20.7 Å². The Morgan fingerprint density at radius 3 is 2.60 bits per heavy atom. The molecule has 0 aliphatic heterocycles. The van der Waals surface area contributed by atoms with E-state index in [9.17, 15) is 0 Å². The summed E-state index contributed by atoms with van der Waals surface area (Å²) in [4.78, 5) is 4.04. The molecule has 0 unspecified atom stereocenters. The highest BCUT2D eigenvalue weighted by atomic mass is 16.5. The number of hydrogen-bond donors (Lipinski definition) is 3. The monoisotopic (exact) mass is 279 g/mol. The highest BCUT2D eigenvalue weighted by molar-refractivity contribution is 5.31. The molecule has 0 saturated heterocycles. The molecular weight excluding hydrogens is 258 g/mol. The Kier molecular flexibility index (Phi) is 6.91. The largest absolute Gasteiger partial charge is 0.494 e. The third-order valence-corrected chi connectivity index (χ3v) is 2.40. The van der Waals surface area contributed by atoms with Crippen LogP contribution in [0, 0.1) is 0 Å². The summed E-state index contributed by atoms with van der Waals surface area (Å²) < 4.78 is 7.19. The Hall–Kier alpha value is -2.28. The highest BCUT2D eigenvalue weighted by Crippen LogP contribution is 2.08. The van der Waals surface area contributed by atoms with Gasteiger partial charge in [-0.3, -0.25) is 0 Å². The van der Waals surface area contributed by atoms with Gasteiger partial charge < -0.3 is 20.9 Å². The molecule has 0 spiro atoms. The first-order valence-corrected chi connectivity index (χ1v) is 6.28. The average molecular weight is 279 g/mol. The Morgan fingerprint density at radius 2 is 2.00 bits per heavy atom. The van der Waals surface area contributed by atoms with Crippen LogP contribution in [0.2, 0.25) is 0 Å². The summed E-state index contributed by atoms with van der Waals surface area (Å²) in [6.07, 6.45) is 0.877. The molecule has 0 bridgehead atoms. The number of aromatic nitrogens is 3. The topological polar surface area (TPSA) is 98.2 Å². The Balaban J connectivity index is 0.000000956. The van der Waals surface area contributed by atoms with Gasteiger partial charge in [0.1, 0.15) is 5.75 Å². The van der Waals surface area contributed by atoms with Gasteiger partial charge in [0.05, 0.1) is 6.61 Å². The molecule has 0 fully saturated rings. The van der Waals surface area contributed by atoms with E-state index < -0.39 is 0 Å². The smallest absolute Gasteiger partial charge is 0.241 e. The highest BCUT2D eigenvalue weighted by Gasteiger charge is 2.02. The Bertz CT molecular complexity index is 487. The molecule has 2 aromatic rings. The number of aliphatic hydroxyl groups is 1. The standard InChI is InChI=1S/C12H17N5O.CH4O/c1-17-12(15-11(13)16-17)14-8-5-9-18-10-6-3-2-4-7-10;1-2/h2-4,6-7H,5,8-9H2,1H3,(H3,13,14,15,16);2H,1H3. The number of hydrogen-bond acceptors (Lipinski definition) is 6. The third kappa shape index (κ3) is 5.15. The van der Waals surface area contributed by atoms with Crippen molar-refractivity contribution < 1.29 is 9.84 Å². The fraction of sp³-hybridized carbons (Fsp3) is 0.385. The second kappa shape index (κ2) is 8.76. The number of nitrogens with one attached hydrogen (secondary N) is 1. The second-order valence-electron chi connectivity index (χ2n) is 3.86. The summed E-state index contributed by atoms with van der Waals surface area (Å²) in [5.74, 6) is 1.84. The summed E-state index contributed by atoms with van der Waals surface area (Å²) in [7, 11) is 2.80. The van der Waals surface area contributed by atoms with Crippen LogP contribution in [-0.2, 0) is 7.05 Å². The first kappa shape index (κ1) is 15.8. The molecular formula is C13H21N5O2. The van der Waals surface area contributed by atoms with Crippen molar-refractivity contribution in [2.75, 3.05) is 31.3 Å². The minimum Gasteiger partial charge on any atom is -0.494 e. The minimum absolute atomic E-state index is 0.278. The van der Waals surface area contributed by atoms with E-state index in [-0.39, 0.29) is 5.95 Å². The zero-order valence-corrected chi connectivity index (χ0v) is 11.8. The lowest BCUT2D eigenvalue weighted by molar-refractivity contribution is 0.315. The third-order valence-electron chi connectivity index (χ3n) is 2.40. The van der Waals surface area contributed by atoms with E-state index in [2.05, 4.69) is 15.4 Å². The van der Waals surface area contributed by atoms with Crippen molar-refractivity contribution in [2.45, 2.75) is 6.42 Å². The van der Waals surface area contributed by atoms with Gasteiger partial charge in [-0.1, -0.05) is 18.2 Å². The maximum absolute atomic E-state index is 7.00. The first-order valence-electron chi connectivity index (χ1n) is 6.28. The second-order valence-corrected chi connectivity index (χ2v) is 3.86. The van der Waals surface area contributed by atoms with Crippen molar-refractivity contribution in [2.24, 2.45) is 7.05 Å². The lowest BCUT2D eigenvalue weighted by Crippen LogP contribution is -2.10. The summed E-state index contributed by atoms with van der Waals surface area (Å²) in [5, 5.41) is 14.1. The van der Waals surface area contributed by atoms with Gasteiger partial charge in [0.25, 0.3) is 0 Å². The Labute approximate surface area is 118 Å². The van der Waals surface area contributed by atoms with Crippen LogP contribution in [0.1, 0.15) is 6.42 Å². The number of nitrogens with zero attached hydrogens (tertiary/aromatic N) is 3. The number of aryl methyl sites for hydroxylation is 1. The summed E-state index contributed by atoms with van der Waals surface area (Å²) in [6, 6.07) is 9.76. The molecule has 2 rings (SSSR count). The molecule has 0 aliphatic rings. The fourth-order valence-corrected chi connectivity index (χ4v) is 1.54. The summed E-state index contributed by atoms with van der Waals surface area (Å²) in [6.45, 7) is 1.42. The molecule has 20 heavy (non-hydrogen) atoms. The van der Waals surface area contributed by atoms with E-state index >= 15 is 0 Å². The normalized spacial score (nSPS) is 9.55. The number of rotatable bonds is 6. The van der Waals surface area contributed by atoms with Gasteiger partial charge in [-0.2, -0.15) is 4.98 Å². The zero-order valence-electron chi connectivity index (χ0n) is 11.8. The number of anilines is 2. The number of nitrogens with two attached hydrogens (primary N) is 1. The summed E-state index contributed by atoms with van der Waals surface area (Å²) in [5.41, 5.74) is 5.48. The van der Waals surface area contributed by atoms with Crippen molar-refractivity contribution in [3.05, 3.63) is 30.3 Å². The van der Waals surface area contributed by atoms with Crippen LogP contribution in [0.15, 0.2) is 30.3 Å². The van der Waals surface area contributed by atoms with E-state index in [0.717, 1.165) is 25.8 Å². The van der Waals surface area contributed by atoms with Gasteiger partial charge in [0.2, 0.25) is 11.9 Å². The molecule has 0 radical (unpaired) electrons. The number of para-hydroxylation sites is 1. The quantitative estimate of drug-likeness (QED) is 0.679. The molecule has 1 aromatic carbocycles. The minimum atomic E-state index is 0.278. The van der Waals surface area contributed by atoms with Crippen molar-refractivity contribution in [1.82, 2.24) is 14.8 Å². The SMILES string of the molecule is CO.Cn1nc(N)nc1NCCCOc1ccccc1. The van der Waals surface area contributed by atoms with Crippen LogP contribution in [-0.4, -0.2) is 40.1 Å². The van der Waals surface area contributed by atoms with E-state index in [0.29, 0.717) is 12.6 Å². The van der Waals surface area contributed by atoms with Crippen molar-refractivity contribution in [1.29, 1.82) is 0 Å². The van der Waals surface area contributed by atoms with Crippen molar-refractivity contribution >= 4 is 11.9 Å². The van der Waals surface area contributed by atoms with Crippen LogP contribution in [0.4, 0.5) is 11.9 Å². The predicted octanol–water partition coefficient (Wildman–Crippen LogP) is 0.887. The van der Waals surface area contributed by atoms with Crippen molar-refractivity contribution in [3.63, 3.8) is 0 Å². The van der Waals surface area contributed by atoms with Crippen LogP contribution in [0.25, 0.3) is 0 Å². The molecule has 0 saturated carbocycles. The first-order chi connectivity index (χ1) is 9.75. The van der Waals surface area contributed by atoms with Crippen LogP contribution < -0.4 is 15.8 Å². The van der Waals surface area contributed by atoms with E-state index in [4.69, 9.17) is 15.6 Å². The molecule has 4 N–H and O–H groups in total. The number of aliphatic hydroxyl groups excluding tert-OH is 1. The molecule has 1 heterocycles. The van der Waals surface area contributed by atoms with Gasteiger partial charge >= 0.3 is 0 Å². The zero-order chi connectivity index (χ0) is 14.8. The van der Waals surface area contributed by atoms with E-state index in [1.165, 1.54) is 0 Å². The number of ether oxygens (including phenoxy) is 1. The van der Waals surface area contributed by atoms with Gasteiger partial charge in [-0.25, -0.2) is 4.68 Å². The van der Waals surface area contributed by atoms with Gasteiger partial charge in [-0.15, -0.1) is 5.10 Å². The van der Waals surface area contributed by atoms with Gasteiger partial charge in [-0.05, 0) is 18.6 Å². The molecule has 7 heteroatoms. The average Bonchev–Trinajstić information content (AvgIpc) is 2.80. The van der Waals surface area contributed by atoms with Crippen molar-refractivity contribution in [3.8, 4) is 5.75 Å². The Morgan fingerprint density at radius 1 is 1.30 bits per heavy atom. The fourth-order valence-electron chi connectivity index (χ4n) is 1.54. The van der Waals surface area contributed by atoms with Crippen LogP contribution >= 0.6 is 0 Å². The maximum Gasteiger partial charge on any atom is 0.241 e.